The first-order chi connectivity index (χ1) is 15.7. The SMILES string of the molecule is O=C(CCCc1nc2ccccc2c(=O)[nH]1)Nc1ccc(N2CCc3sccc3C2)cc1. The lowest BCUT2D eigenvalue weighted by molar-refractivity contribution is -0.116. The molecule has 4 aromatic rings. The molecule has 0 saturated carbocycles. The molecule has 0 atom stereocenters. The molecule has 5 rings (SSSR count). The van der Waals surface area contributed by atoms with Gasteiger partial charge in [-0.15, -0.1) is 11.3 Å². The second-order valence-corrected chi connectivity index (χ2v) is 9.02. The summed E-state index contributed by atoms with van der Waals surface area (Å²) in [5.74, 6) is 0.572. The smallest absolute Gasteiger partial charge is 0.258 e. The van der Waals surface area contributed by atoms with E-state index in [0.717, 1.165) is 25.2 Å². The van der Waals surface area contributed by atoms with Crippen molar-refractivity contribution in [3.05, 3.63) is 86.6 Å². The molecule has 32 heavy (non-hydrogen) atoms. The minimum atomic E-state index is -0.140. The maximum Gasteiger partial charge on any atom is 0.258 e. The Bertz CT molecular complexity index is 1310. The van der Waals surface area contributed by atoms with Crippen LogP contribution >= 0.6 is 11.3 Å². The summed E-state index contributed by atoms with van der Waals surface area (Å²) in [5.41, 5.74) is 3.93. The predicted molar refractivity (Wildman–Crippen MR) is 129 cm³/mol. The lowest BCUT2D eigenvalue weighted by Crippen LogP contribution is -2.29. The monoisotopic (exact) mass is 444 g/mol. The Morgan fingerprint density at radius 1 is 1.12 bits per heavy atom. The highest BCUT2D eigenvalue weighted by Crippen LogP contribution is 2.28. The quantitative estimate of drug-likeness (QED) is 0.459. The maximum absolute atomic E-state index is 12.4. The van der Waals surface area contributed by atoms with Crippen molar-refractivity contribution in [3.8, 4) is 0 Å². The summed E-state index contributed by atoms with van der Waals surface area (Å²) in [6, 6.07) is 17.5. The number of hydrogen-bond acceptors (Lipinski definition) is 5. The zero-order valence-corrected chi connectivity index (χ0v) is 18.5. The first-order valence-electron chi connectivity index (χ1n) is 10.8. The van der Waals surface area contributed by atoms with E-state index in [1.165, 1.54) is 16.1 Å². The lowest BCUT2D eigenvalue weighted by atomic mass is 10.1. The van der Waals surface area contributed by atoms with E-state index in [1.54, 1.807) is 6.07 Å². The topological polar surface area (TPSA) is 78.1 Å². The van der Waals surface area contributed by atoms with Crippen molar-refractivity contribution in [2.75, 3.05) is 16.8 Å². The molecule has 0 fully saturated rings. The Morgan fingerprint density at radius 3 is 2.84 bits per heavy atom. The summed E-state index contributed by atoms with van der Waals surface area (Å²) >= 11 is 1.84. The van der Waals surface area contributed by atoms with Gasteiger partial charge in [0.15, 0.2) is 0 Å². The highest BCUT2D eigenvalue weighted by Gasteiger charge is 2.17. The van der Waals surface area contributed by atoms with Crippen molar-refractivity contribution in [2.45, 2.75) is 32.2 Å². The average molecular weight is 445 g/mol. The van der Waals surface area contributed by atoms with Crippen LogP contribution in [0.3, 0.4) is 0 Å². The fourth-order valence-electron chi connectivity index (χ4n) is 4.12. The highest BCUT2D eigenvalue weighted by atomic mass is 32.1. The van der Waals surface area contributed by atoms with E-state index >= 15 is 0 Å². The van der Waals surface area contributed by atoms with E-state index in [9.17, 15) is 9.59 Å². The van der Waals surface area contributed by atoms with Gasteiger partial charge in [0.05, 0.1) is 10.9 Å². The van der Waals surface area contributed by atoms with E-state index in [2.05, 4.69) is 43.8 Å². The summed E-state index contributed by atoms with van der Waals surface area (Å²) in [4.78, 5) is 35.7. The van der Waals surface area contributed by atoms with Crippen molar-refractivity contribution in [3.63, 3.8) is 0 Å². The molecule has 162 valence electrons. The molecule has 1 amide bonds. The van der Waals surface area contributed by atoms with Gasteiger partial charge in [0.1, 0.15) is 5.82 Å². The number of H-pyrrole nitrogens is 1. The number of fused-ring (bicyclic) bond motifs is 2. The van der Waals surface area contributed by atoms with E-state index < -0.39 is 0 Å². The molecule has 3 heterocycles. The number of para-hydroxylation sites is 1. The third-order valence-electron chi connectivity index (χ3n) is 5.80. The lowest BCUT2D eigenvalue weighted by Gasteiger charge is -2.29. The van der Waals surface area contributed by atoms with Crippen LogP contribution in [0, 0.1) is 0 Å². The minimum Gasteiger partial charge on any atom is -0.367 e. The molecule has 0 saturated heterocycles. The van der Waals surface area contributed by atoms with Crippen LogP contribution in [0.15, 0.2) is 64.8 Å². The van der Waals surface area contributed by atoms with Gasteiger partial charge in [0.2, 0.25) is 5.91 Å². The molecule has 1 aliphatic rings. The van der Waals surface area contributed by atoms with Crippen molar-refractivity contribution in [2.24, 2.45) is 0 Å². The predicted octanol–water partition coefficient (Wildman–Crippen LogP) is 4.51. The molecule has 0 unspecified atom stereocenters. The Morgan fingerprint density at radius 2 is 1.97 bits per heavy atom. The standard InChI is InChI=1S/C25H24N4O2S/c30-24(7-3-6-23-27-21-5-2-1-4-20(21)25(31)28-23)26-18-8-10-19(11-9-18)29-14-12-22-17(16-29)13-15-32-22/h1-2,4-5,8-11,13,15H,3,6-7,12,14,16H2,(H,26,30)(H,27,28,31). The Hall–Kier alpha value is -3.45. The molecule has 2 N–H and O–H groups in total. The zero-order chi connectivity index (χ0) is 21.9. The van der Waals surface area contributed by atoms with Gasteiger partial charge in [-0.25, -0.2) is 4.98 Å². The van der Waals surface area contributed by atoms with Gasteiger partial charge in [-0.05, 0) is 66.2 Å². The molecule has 0 radical (unpaired) electrons. The minimum absolute atomic E-state index is 0.0400. The maximum atomic E-state index is 12.4. The number of thiophene rings is 1. The van der Waals surface area contributed by atoms with Crippen LogP contribution < -0.4 is 15.8 Å². The molecule has 0 bridgehead atoms. The zero-order valence-electron chi connectivity index (χ0n) is 17.6. The first kappa shape index (κ1) is 20.5. The van der Waals surface area contributed by atoms with E-state index in [0.29, 0.717) is 36.0 Å². The van der Waals surface area contributed by atoms with E-state index in [-0.39, 0.29) is 11.5 Å². The number of rotatable bonds is 6. The summed E-state index contributed by atoms with van der Waals surface area (Å²) in [5, 5.41) is 5.71. The second-order valence-electron chi connectivity index (χ2n) is 8.02. The molecule has 0 spiro atoms. The van der Waals surface area contributed by atoms with Crippen molar-refractivity contribution in [1.29, 1.82) is 0 Å². The summed E-state index contributed by atoms with van der Waals surface area (Å²) in [6.45, 7) is 1.96. The van der Waals surface area contributed by atoms with Crippen LogP contribution in [0.1, 0.15) is 29.1 Å². The van der Waals surface area contributed by atoms with Gasteiger partial charge in [-0.1, -0.05) is 12.1 Å². The second kappa shape index (κ2) is 8.96. The van der Waals surface area contributed by atoms with Gasteiger partial charge in [-0.2, -0.15) is 0 Å². The van der Waals surface area contributed by atoms with Gasteiger partial charge >= 0.3 is 0 Å². The van der Waals surface area contributed by atoms with Gasteiger partial charge in [-0.3, -0.25) is 9.59 Å². The summed E-state index contributed by atoms with van der Waals surface area (Å²) in [7, 11) is 0. The number of aryl methyl sites for hydroxylation is 1. The van der Waals surface area contributed by atoms with Crippen LogP contribution in [-0.4, -0.2) is 22.4 Å². The number of aromatic nitrogens is 2. The number of amides is 1. The fraction of sp³-hybridized carbons (Fsp3) is 0.240. The van der Waals surface area contributed by atoms with Crippen molar-refractivity contribution >= 4 is 39.5 Å². The fourth-order valence-corrected chi connectivity index (χ4v) is 5.01. The largest absolute Gasteiger partial charge is 0.367 e. The number of anilines is 2. The van der Waals surface area contributed by atoms with Crippen molar-refractivity contribution in [1.82, 2.24) is 9.97 Å². The molecule has 6 nitrogen and oxygen atoms in total. The van der Waals surface area contributed by atoms with Crippen LogP contribution in [-0.2, 0) is 24.2 Å². The molecular formula is C25H24N4O2S. The molecule has 0 aliphatic carbocycles. The van der Waals surface area contributed by atoms with Gasteiger partial charge in [0.25, 0.3) is 5.56 Å². The third kappa shape index (κ3) is 4.43. The molecule has 2 aromatic heterocycles. The number of carbonyl (C=O) groups excluding carboxylic acids is 1. The number of aromatic amines is 1. The van der Waals surface area contributed by atoms with Crippen LogP contribution in [0.2, 0.25) is 0 Å². The first-order valence-corrected chi connectivity index (χ1v) is 11.7. The third-order valence-corrected chi connectivity index (χ3v) is 6.83. The Labute approximate surface area is 189 Å². The van der Waals surface area contributed by atoms with Crippen molar-refractivity contribution < 1.29 is 4.79 Å². The van der Waals surface area contributed by atoms with Crippen LogP contribution in [0.5, 0.6) is 0 Å². The number of benzene rings is 2. The van der Waals surface area contributed by atoms with Crippen LogP contribution in [0.25, 0.3) is 10.9 Å². The van der Waals surface area contributed by atoms with Gasteiger partial charge in [0, 0.05) is 42.2 Å². The number of nitrogens with zero attached hydrogens (tertiary/aromatic N) is 2. The molecule has 2 aromatic carbocycles. The Balaban J connectivity index is 1.13. The number of nitrogens with one attached hydrogen (secondary N) is 2. The van der Waals surface area contributed by atoms with Gasteiger partial charge < -0.3 is 15.2 Å². The summed E-state index contributed by atoms with van der Waals surface area (Å²) < 4.78 is 0. The average Bonchev–Trinajstić information content (AvgIpc) is 3.28. The Kier molecular flexibility index (Phi) is 5.73. The number of hydrogen-bond donors (Lipinski definition) is 2. The van der Waals surface area contributed by atoms with Crippen LogP contribution in [0.4, 0.5) is 11.4 Å². The molecule has 7 heteroatoms. The number of carbonyl (C=O) groups is 1. The summed E-state index contributed by atoms with van der Waals surface area (Å²) in [6.07, 6.45) is 2.61. The van der Waals surface area contributed by atoms with E-state index in [4.69, 9.17) is 0 Å². The highest BCUT2D eigenvalue weighted by molar-refractivity contribution is 7.10. The molecular weight excluding hydrogens is 420 g/mol. The molecule has 1 aliphatic heterocycles. The van der Waals surface area contributed by atoms with E-state index in [1.807, 2.05) is 41.7 Å². The normalized spacial score (nSPS) is 13.2.